The van der Waals surface area contributed by atoms with E-state index in [-0.39, 0.29) is 0 Å². The largest absolute Gasteiger partial charge is 0.329 e. The van der Waals surface area contributed by atoms with E-state index in [2.05, 4.69) is 46.1 Å². The Bertz CT molecular complexity index is 360. The molecule has 1 fully saturated rings. The van der Waals surface area contributed by atoms with Gasteiger partial charge in [0.05, 0.1) is 6.04 Å². The van der Waals surface area contributed by atoms with Gasteiger partial charge in [-0.15, -0.1) is 11.3 Å². The van der Waals surface area contributed by atoms with Crippen LogP contribution >= 0.6 is 27.3 Å². The highest BCUT2D eigenvalue weighted by molar-refractivity contribution is 9.10. The van der Waals surface area contributed by atoms with Crippen molar-refractivity contribution >= 4 is 27.3 Å². The first kappa shape index (κ1) is 13.5. The van der Waals surface area contributed by atoms with E-state index in [9.17, 15) is 0 Å². The van der Waals surface area contributed by atoms with E-state index in [1.165, 1.54) is 28.7 Å². The van der Waals surface area contributed by atoms with Gasteiger partial charge in [-0.3, -0.25) is 4.90 Å². The van der Waals surface area contributed by atoms with Crippen molar-refractivity contribution in [2.75, 3.05) is 13.1 Å². The molecule has 2 N–H and O–H groups in total. The summed E-state index contributed by atoms with van der Waals surface area (Å²) in [5, 5.41) is 2.14. The summed E-state index contributed by atoms with van der Waals surface area (Å²) in [6.07, 6.45) is 2.79. The Balaban J connectivity index is 2.15. The van der Waals surface area contributed by atoms with E-state index in [4.69, 9.17) is 5.73 Å². The molecule has 1 aliphatic carbocycles. The van der Waals surface area contributed by atoms with Crippen molar-refractivity contribution in [3.8, 4) is 0 Å². The quantitative estimate of drug-likeness (QED) is 0.868. The van der Waals surface area contributed by atoms with Gasteiger partial charge in [0.2, 0.25) is 0 Å². The first-order chi connectivity index (χ1) is 8.13. The third kappa shape index (κ3) is 3.31. The second-order valence-corrected chi connectivity index (χ2v) is 6.92. The minimum Gasteiger partial charge on any atom is -0.329 e. The lowest BCUT2D eigenvalue weighted by molar-refractivity contribution is 0.151. The van der Waals surface area contributed by atoms with Crippen LogP contribution < -0.4 is 5.73 Å². The molecule has 17 heavy (non-hydrogen) atoms. The van der Waals surface area contributed by atoms with E-state index >= 15 is 0 Å². The van der Waals surface area contributed by atoms with Gasteiger partial charge in [-0.05, 0) is 60.0 Å². The van der Waals surface area contributed by atoms with Crippen LogP contribution in [0.3, 0.4) is 0 Å². The van der Waals surface area contributed by atoms with Crippen molar-refractivity contribution in [3.05, 3.63) is 20.8 Å². The predicted octanol–water partition coefficient (Wildman–Crippen LogP) is 3.63. The Morgan fingerprint density at radius 1 is 1.53 bits per heavy atom. The summed E-state index contributed by atoms with van der Waals surface area (Å²) < 4.78 is 1.21. The monoisotopic (exact) mass is 316 g/mol. The molecule has 0 amide bonds. The maximum Gasteiger partial charge on any atom is 0.0578 e. The molecular formula is C13H21BrN2S. The summed E-state index contributed by atoms with van der Waals surface area (Å²) in [4.78, 5) is 3.94. The Morgan fingerprint density at radius 2 is 2.24 bits per heavy atom. The first-order valence-corrected chi connectivity index (χ1v) is 7.99. The number of nitrogens with zero attached hydrogens (tertiary/aromatic N) is 1. The molecule has 1 unspecified atom stereocenters. The van der Waals surface area contributed by atoms with Gasteiger partial charge in [-0.1, -0.05) is 0 Å². The Kier molecular flexibility index (Phi) is 4.64. The first-order valence-electron chi connectivity index (χ1n) is 6.32. The molecule has 0 aromatic carbocycles. The van der Waals surface area contributed by atoms with Crippen LogP contribution in [0.25, 0.3) is 0 Å². The molecule has 1 saturated carbocycles. The Labute approximate surface area is 116 Å². The number of nitrogens with two attached hydrogens (primary N) is 1. The lowest BCUT2D eigenvalue weighted by Gasteiger charge is -2.34. The molecule has 0 aliphatic heterocycles. The fourth-order valence-electron chi connectivity index (χ4n) is 2.23. The van der Waals surface area contributed by atoms with Gasteiger partial charge in [0.1, 0.15) is 0 Å². The summed E-state index contributed by atoms with van der Waals surface area (Å²) in [6.45, 7) is 6.44. The maximum atomic E-state index is 6.01. The van der Waals surface area contributed by atoms with Gasteiger partial charge >= 0.3 is 0 Å². The van der Waals surface area contributed by atoms with E-state index in [1.54, 1.807) is 11.3 Å². The molecule has 2 nitrogen and oxygen atoms in total. The van der Waals surface area contributed by atoms with Crippen LogP contribution in [0.15, 0.2) is 15.9 Å². The molecule has 2 rings (SSSR count). The van der Waals surface area contributed by atoms with E-state index in [0.29, 0.717) is 18.6 Å². The second-order valence-electron chi connectivity index (χ2n) is 5.12. The molecule has 4 heteroatoms. The van der Waals surface area contributed by atoms with Crippen molar-refractivity contribution in [1.29, 1.82) is 0 Å². The molecule has 0 saturated heterocycles. The summed E-state index contributed by atoms with van der Waals surface area (Å²) in [5.41, 5.74) is 6.01. The fraction of sp³-hybridized carbons (Fsp3) is 0.692. The average Bonchev–Trinajstić information content (AvgIpc) is 3.01. The molecule has 0 bridgehead atoms. The molecule has 0 spiro atoms. The number of halogens is 1. The number of rotatable bonds is 6. The SMILES string of the molecule is CC(C)N(CC1CC1)C(CN)c1sccc1Br. The zero-order valence-corrected chi connectivity index (χ0v) is 12.9. The molecular weight excluding hydrogens is 296 g/mol. The number of hydrogen-bond acceptors (Lipinski definition) is 3. The number of thiophene rings is 1. The lowest BCUT2D eigenvalue weighted by atomic mass is 10.1. The van der Waals surface area contributed by atoms with Crippen LogP contribution in [0.5, 0.6) is 0 Å². The van der Waals surface area contributed by atoms with Crippen LogP contribution in [0, 0.1) is 5.92 Å². The summed E-state index contributed by atoms with van der Waals surface area (Å²) >= 11 is 5.44. The number of hydrogen-bond donors (Lipinski definition) is 1. The van der Waals surface area contributed by atoms with Crippen LogP contribution in [-0.4, -0.2) is 24.0 Å². The van der Waals surface area contributed by atoms with E-state index in [0.717, 1.165) is 5.92 Å². The highest BCUT2D eigenvalue weighted by Gasteiger charge is 2.30. The topological polar surface area (TPSA) is 29.3 Å². The van der Waals surface area contributed by atoms with E-state index in [1.807, 2.05) is 0 Å². The predicted molar refractivity (Wildman–Crippen MR) is 78.4 cm³/mol. The van der Waals surface area contributed by atoms with Crippen LogP contribution in [0.2, 0.25) is 0 Å². The summed E-state index contributed by atoms with van der Waals surface area (Å²) in [5.74, 6) is 0.908. The van der Waals surface area contributed by atoms with Gasteiger partial charge < -0.3 is 5.73 Å². The van der Waals surface area contributed by atoms with Crippen molar-refractivity contribution < 1.29 is 0 Å². The van der Waals surface area contributed by atoms with Crippen molar-refractivity contribution in [1.82, 2.24) is 4.90 Å². The minimum atomic E-state index is 0.366. The molecule has 1 aromatic heterocycles. The van der Waals surface area contributed by atoms with Gasteiger partial charge in [0, 0.05) is 28.5 Å². The van der Waals surface area contributed by atoms with Gasteiger partial charge in [-0.25, -0.2) is 0 Å². The third-order valence-electron chi connectivity index (χ3n) is 3.40. The second kappa shape index (κ2) is 5.83. The lowest BCUT2D eigenvalue weighted by Crippen LogP contribution is -2.39. The Hall–Kier alpha value is 0.100. The Morgan fingerprint density at radius 3 is 2.65 bits per heavy atom. The van der Waals surface area contributed by atoms with Crippen LogP contribution in [-0.2, 0) is 0 Å². The van der Waals surface area contributed by atoms with Crippen molar-refractivity contribution in [3.63, 3.8) is 0 Å². The van der Waals surface area contributed by atoms with E-state index < -0.39 is 0 Å². The molecule has 1 aromatic rings. The van der Waals surface area contributed by atoms with Crippen LogP contribution in [0.1, 0.15) is 37.6 Å². The average molecular weight is 317 g/mol. The highest BCUT2D eigenvalue weighted by Crippen LogP contribution is 2.37. The summed E-state index contributed by atoms with van der Waals surface area (Å²) in [6, 6.07) is 3.04. The molecule has 1 aliphatic rings. The maximum absolute atomic E-state index is 6.01. The molecule has 0 radical (unpaired) electrons. The van der Waals surface area contributed by atoms with Gasteiger partial charge in [0.25, 0.3) is 0 Å². The van der Waals surface area contributed by atoms with Crippen molar-refractivity contribution in [2.24, 2.45) is 11.7 Å². The highest BCUT2D eigenvalue weighted by atomic mass is 79.9. The zero-order chi connectivity index (χ0) is 12.4. The van der Waals surface area contributed by atoms with Gasteiger partial charge in [0.15, 0.2) is 0 Å². The standard InChI is InChI=1S/C13H21BrN2S/c1-9(2)16(8-10-3-4-10)12(7-15)13-11(14)5-6-17-13/h5-6,9-10,12H,3-4,7-8,15H2,1-2H3. The third-order valence-corrected chi connectivity index (χ3v) is 5.37. The fourth-order valence-corrected chi connectivity index (χ4v) is 4.00. The van der Waals surface area contributed by atoms with Crippen molar-refractivity contribution in [2.45, 2.75) is 38.8 Å². The zero-order valence-electron chi connectivity index (χ0n) is 10.5. The summed E-state index contributed by atoms with van der Waals surface area (Å²) in [7, 11) is 0. The minimum absolute atomic E-state index is 0.366. The molecule has 96 valence electrons. The van der Waals surface area contributed by atoms with Crippen LogP contribution in [0.4, 0.5) is 0 Å². The molecule has 1 atom stereocenters. The smallest absolute Gasteiger partial charge is 0.0578 e. The molecule has 1 heterocycles. The van der Waals surface area contributed by atoms with Gasteiger partial charge in [-0.2, -0.15) is 0 Å². The normalized spacial score (nSPS) is 18.0.